The molecule has 0 radical (unpaired) electrons. The smallest absolute Gasteiger partial charge is 0.254 e. The molecular formula is C17H13BrN2O. The molecule has 21 heavy (non-hydrogen) atoms. The lowest BCUT2D eigenvalue weighted by Crippen LogP contribution is -2.14. The summed E-state index contributed by atoms with van der Waals surface area (Å²) in [4.78, 5) is 19.7. The van der Waals surface area contributed by atoms with Gasteiger partial charge in [0, 0.05) is 21.2 Å². The summed E-state index contributed by atoms with van der Waals surface area (Å²) in [5.74, 6) is 0.575. The largest absolute Gasteiger partial charge is 0.306 e. The minimum Gasteiger partial charge on any atom is -0.306 e. The summed E-state index contributed by atoms with van der Waals surface area (Å²) in [7, 11) is 0. The van der Waals surface area contributed by atoms with Gasteiger partial charge in [0.2, 0.25) is 0 Å². The average Bonchev–Trinajstić information content (AvgIpc) is 2.51. The van der Waals surface area contributed by atoms with Crippen LogP contribution < -0.4 is 5.56 Å². The molecule has 3 rings (SSSR count). The number of nitrogens with zero attached hydrogens (tertiary/aromatic N) is 1. The number of benzene rings is 2. The molecule has 0 aliphatic heterocycles. The van der Waals surface area contributed by atoms with Crippen LogP contribution in [0, 0.1) is 6.92 Å². The number of nitrogens with one attached hydrogen (secondary N) is 1. The summed E-state index contributed by atoms with van der Waals surface area (Å²) in [5.41, 5.74) is 3.05. The van der Waals surface area contributed by atoms with Gasteiger partial charge in [0.15, 0.2) is 0 Å². The standard InChI is InChI=1S/C17H13BrN2O/c1-11-15(12-6-3-2-4-7-12)19-16(20-17(11)21)13-8-5-9-14(18)10-13/h2-10H,1H3,(H,19,20,21). The first-order valence-electron chi connectivity index (χ1n) is 6.57. The number of halogens is 1. The van der Waals surface area contributed by atoms with Crippen molar-refractivity contribution in [3.8, 4) is 22.6 Å². The Hall–Kier alpha value is -2.20. The molecule has 4 heteroatoms. The van der Waals surface area contributed by atoms with Crippen LogP contribution in [-0.4, -0.2) is 9.97 Å². The molecule has 3 aromatic rings. The van der Waals surface area contributed by atoms with Crippen LogP contribution in [0.5, 0.6) is 0 Å². The Labute approximate surface area is 130 Å². The lowest BCUT2D eigenvalue weighted by Gasteiger charge is -2.08. The molecule has 0 aliphatic rings. The Balaban J connectivity index is 2.21. The molecule has 0 bridgehead atoms. The molecule has 0 saturated carbocycles. The van der Waals surface area contributed by atoms with E-state index >= 15 is 0 Å². The fourth-order valence-electron chi connectivity index (χ4n) is 2.18. The quantitative estimate of drug-likeness (QED) is 0.760. The van der Waals surface area contributed by atoms with E-state index in [1.807, 2.05) is 54.6 Å². The van der Waals surface area contributed by atoms with Crippen molar-refractivity contribution in [3.63, 3.8) is 0 Å². The highest BCUT2D eigenvalue weighted by molar-refractivity contribution is 9.10. The van der Waals surface area contributed by atoms with E-state index in [4.69, 9.17) is 0 Å². The molecule has 1 N–H and O–H groups in total. The Kier molecular flexibility index (Phi) is 3.71. The van der Waals surface area contributed by atoms with Crippen molar-refractivity contribution in [2.45, 2.75) is 6.92 Å². The summed E-state index contributed by atoms with van der Waals surface area (Å²) in [5, 5.41) is 0. The lowest BCUT2D eigenvalue weighted by molar-refractivity contribution is 1.09. The Morgan fingerprint density at radius 1 is 1.00 bits per heavy atom. The molecular weight excluding hydrogens is 328 g/mol. The molecule has 2 aromatic carbocycles. The van der Waals surface area contributed by atoms with Crippen molar-refractivity contribution in [1.82, 2.24) is 9.97 Å². The zero-order chi connectivity index (χ0) is 14.8. The molecule has 1 heterocycles. The first-order valence-corrected chi connectivity index (χ1v) is 7.37. The fraction of sp³-hybridized carbons (Fsp3) is 0.0588. The lowest BCUT2D eigenvalue weighted by atomic mass is 10.1. The highest BCUT2D eigenvalue weighted by Gasteiger charge is 2.10. The van der Waals surface area contributed by atoms with E-state index in [-0.39, 0.29) is 5.56 Å². The van der Waals surface area contributed by atoms with E-state index in [1.165, 1.54) is 0 Å². The second kappa shape index (κ2) is 5.66. The highest BCUT2D eigenvalue weighted by atomic mass is 79.9. The summed E-state index contributed by atoms with van der Waals surface area (Å²) < 4.78 is 0.949. The van der Waals surface area contributed by atoms with Gasteiger partial charge >= 0.3 is 0 Å². The molecule has 0 aliphatic carbocycles. The van der Waals surface area contributed by atoms with Gasteiger partial charge in [-0.15, -0.1) is 0 Å². The minimum atomic E-state index is -0.112. The van der Waals surface area contributed by atoms with E-state index in [0.717, 1.165) is 15.6 Å². The Morgan fingerprint density at radius 2 is 1.71 bits per heavy atom. The third kappa shape index (κ3) is 2.81. The third-order valence-corrected chi connectivity index (χ3v) is 3.79. The zero-order valence-electron chi connectivity index (χ0n) is 11.4. The van der Waals surface area contributed by atoms with Crippen molar-refractivity contribution in [2.75, 3.05) is 0 Å². The van der Waals surface area contributed by atoms with Crippen LogP contribution in [0.2, 0.25) is 0 Å². The molecule has 0 atom stereocenters. The van der Waals surface area contributed by atoms with Crippen molar-refractivity contribution >= 4 is 15.9 Å². The van der Waals surface area contributed by atoms with Crippen molar-refractivity contribution in [1.29, 1.82) is 0 Å². The van der Waals surface area contributed by atoms with Crippen LogP contribution in [0.25, 0.3) is 22.6 Å². The third-order valence-electron chi connectivity index (χ3n) is 3.30. The van der Waals surface area contributed by atoms with Crippen LogP contribution in [-0.2, 0) is 0 Å². The Morgan fingerprint density at radius 3 is 2.43 bits per heavy atom. The average molecular weight is 341 g/mol. The van der Waals surface area contributed by atoms with Gasteiger partial charge in [0.25, 0.3) is 5.56 Å². The number of rotatable bonds is 2. The second-order valence-corrected chi connectivity index (χ2v) is 5.68. The second-order valence-electron chi connectivity index (χ2n) is 4.76. The minimum absolute atomic E-state index is 0.112. The normalized spacial score (nSPS) is 10.6. The summed E-state index contributed by atoms with van der Waals surface area (Å²) in [6, 6.07) is 17.5. The predicted octanol–water partition coefficient (Wildman–Crippen LogP) is 4.17. The molecule has 104 valence electrons. The van der Waals surface area contributed by atoms with Crippen molar-refractivity contribution in [3.05, 3.63) is 75.0 Å². The maximum atomic E-state index is 12.2. The molecule has 0 amide bonds. The van der Waals surface area contributed by atoms with Gasteiger partial charge < -0.3 is 4.98 Å². The molecule has 1 aromatic heterocycles. The number of aromatic amines is 1. The number of hydrogen-bond acceptors (Lipinski definition) is 2. The first kappa shape index (κ1) is 13.8. The monoisotopic (exact) mass is 340 g/mol. The molecule has 3 nitrogen and oxygen atoms in total. The van der Waals surface area contributed by atoms with Crippen LogP contribution in [0.3, 0.4) is 0 Å². The molecule has 0 spiro atoms. The number of aromatic nitrogens is 2. The molecule has 0 fully saturated rings. The van der Waals surface area contributed by atoms with Gasteiger partial charge in [-0.1, -0.05) is 58.4 Å². The van der Waals surface area contributed by atoms with E-state index in [2.05, 4.69) is 25.9 Å². The summed E-state index contributed by atoms with van der Waals surface area (Å²) in [6.07, 6.45) is 0. The zero-order valence-corrected chi connectivity index (χ0v) is 13.0. The maximum Gasteiger partial charge on any atom is 0.254 e. The van der Waals surface area contributed by atoms with Gasteiger partial charge in [0.1, 0.15) is 5.82 Å². The van der Waals surface area contributed by atoms with Crippen LogP contribution in [0.15, 0.2) is 63.9 Å². The van der Waals surface area contributed by atoms with Gasteiger partial charge in [-0.25, -0.2) is 4.98 Å². The summed E-state index contributed by atoms with van der Waals surface area (Å²) >= 11 is 3.44. The molecule has 0 unspecified atom stereocenters. The van der Waals surface area contributed by atoms with Gasteiger partial charge in [-0.2, -0.15) is 0 Å². The SMILES string of the molecule is Cc1c(-c2ccccc2)nc(-c2cccc(Br)c2)[nH]c1=O. The van der Waals surface area contributed by atoms with Gasteiger partial charge in [-0.3, -0.25) is 4.79 Å². The van der Waals surface area contributed by atoms with Crippen LogP contribution in [0.4, 0.5) is 0 Å². The van der Waals surface area contributed by atoms with E-state index < -0.39 is 0 Å². The topological polar surface area (TPSA) is 45.8 Å². The summed E-state index contributed by atoms with van der Waals surface area (Å²) in [6.45, 7) is 1.79. The van der Waals surface area contributed by atoms with Crippen molar-refractivity contribution < 1.29 is 0 Å². The van der Waals surface area contributed by atoms with Crippen molar-refractivity contribution in [2.24, 2.45) is 0 Å². The molecule has 0 saturated heterocycles. The Bertz CT molecular complexity index is 841. The van der Waals surface area contributed by atoms with Gasteiger partial charge in [0.05, 0.1) is 5.69 Å². The van der Waals surface area contributed by atoms with Gasteiger partial charge in [-0.05, 0) is 19.1 Å². The number of H-pyrrole nitrogens is 1. The number of hydrogen-bond donors (Lipinski definition) is 1. The van der Waals surface area contributed by atoms with Crippen LogP contribution in [0.1, 0.15) is 5.56 Å². The van der Waals surface area contributed by atoms with E-state index in [9.17, 15) is 4.79 Å². The maximum absolute atomic E-state index is 12.2. The predicted molar refractivity (Wildman–Crippen MR) is 88.2 cm³/mol. The fourth-order valence-corrected chi connectivity index (χ4v) is 2.58. The highest BCUT2D eigenvalue weighted by Crippen LogP contribution is 2.23. The first-order chi connectivity index (χ1) is 10.1. The van der Waals surface area contributed by atoms with Crippen LogP contribution >= 0.6 is 15.9 Å². The van der Waals surface area contributed by atoms with E-state index in [0.29, 0.717) is 17.1 Å². The van der Waals surface area contributed by atoms with E-state index in [1.54, 1.807) is 6.92 Å².